The number of allylic oxidation sites excluding steroid dienone is 2. The van der Waals surface area contributed by atoms with E-state index < -0.39 is 0 Å². The van der Waals surface area contributed by atoms with Crippen molar-refractivity contribution >= 4 is 11.5 Å². The normalized spacial score (nSPS) is 11.3. The molecule has 0 unspecified atom stereocenters. The van der Waals surface area contributed by atoms with Crippen molar-refractivity contribution in [1.82, 2.24) is 0 Å². The van der Waals surface area contributed by atoms with Crippen LogP contribution in [0.1, 0.15) is 24.0 Å². The largest absolute Gasteiger partial charge is 0.370 e. The summed E-state index contributed by atoms with van der Waals surface area (Å²) in [5.41, 5.74) is 8.90. The Morgan fingerprint density at radius 2 is 1.55 bits per heavy atom. The molecular formula is C18H19NO. The topological polar surface area (TPSA) is 43.1 Å². The third-order valence-corrected chi connectivity index (χ3v) is 3.16. The molecule has 0 heterocycles. The molecule has 0 fully saturated rings. The molecule has 2 N–H and O–H groups in total. The molecule has 1 amide bonds. The van der Waals surface area contributed by atoms with Gasteiger partial charge in [0, 0.05) is 6.42 Å². The molecule has 0 radical (unpaired) electrons. The van der Waals surface area contributed by atoms with Crippen molar-refractivity contribution in [3.63, 3.8) is 0 Å². The third-order valence-electron chi connectivity index (χ3n) is 3.16. The molecule has 0 aromatic heterocycles. The maximum Gasteiger partial charge on any atom is 0.217 e. The zero-order valence-corrected chi connectivity index (χ0v) is 11.5. The number of carbonyl (C=O) groups is 1. The van der Waals surface area contributed by atoms with Gasteiger partial charge in [0.05, 0.1) is 0 Å². The van der Waals surface area contributed by atoms with Gasteiger partial charge in [-0.05, 0) is 29.5 Å². The summed E-state index contributed by atoms with van der Waals surface area (Å²) < 4.78 is 0. The van der Waals surface area contributed by atoms with Crippen LogP contribution in [-0.2, 0) is 11.2 Å². The molecule has 0 saturated carbocycles. The molecule has 0 aliphatic heterocycles. The van der Waals surface area contributed by atoms with Crippen LogP contribution in [0.25, 0.3) is 5.57 Å². The standard InChI is InChI=1S/C18H19NO/c19-18(20)13-7-12-17(16-10-5-2-6-11-16)14-15-8-3-1-4-9-15/h1-6,8-12H,7,13-14H2,(H2,19,20)/b17-12-. The fourth-order valence-electron chi connectivity index (χ4n) is 2.15. The number of carbonyl (C=O) groups excluding carboxylic acids is 1. The highest BCUT2D eigenvalue weighted by Gasteiger charge is 2.03. The number of nitrogens with two attached hydrogens (primary N) is 1. The van der Waals surface area contributed by atoms with Gasteiger partial charge < -0.3 is 5.73 Å². The molecule has 0 aliphatic carbocycles. The second kappa shape index (κ2) is 7.29. The lowest BCUT2D eigenvalue weighted by atomic mass is 9.97. The van der Waals surface area contributed by atoms with Crippen molar-refractivity contribution < 1.29 is 4.79 Å². The molecule has 2 nitrogen and oxygen atoms in total. The van der Waals surface area contributed by atoms with Crippen LogP contribution in [0.3, 0.4) is 0 Å². The quantitative estimate of drug-likeness (QED) is 0.852. The first-order valence-electron chi connectivity index (χ1n) is 6.82. The number of amides is 1. The second-order valence-corrected chi connectivity index (χ2v) is 4.76. The average Bonchev–Trinajstić information content (AvgIpc) is 2.48. The Balaban J connectivity index is 2.18. The van der Waals surface area contributed by atoms with Crippen molar-refractivity contribution in [2.24, 2.45) is 5.73 Å². The predicted octanol–water partition coefficient (Wildman–Crippen LogP) is 3.58. The summed E-state index contributed by atoms with van der Waals surface area (Å²) in [5, 5.41) is 0. The lowest BCUT2D eigenvalue weighted by Crippen LogP contribution is -2.09. The van der Waals surface area contributed by atoms with Crippen LogP contribution >= 0.6 is 0 Å². The maximum absolute atomic E-state index is 10.9. The molecule has 102 valence electrons. The van der Waals surface area contributed by atoms with Gasteiger partial charge in [0.2, 0.25) is 5.91 Å². The first-order chi connectivity index (χ1) is 9.75. The van der Waals surface area contributed by atoms with Gasteiger partial charge in [-0.15, -0.1) is 0 Å². The van der Waals surface area contributed by atoms with E-state index in [4.69, 9.17) is 5.73 Å². The molecule has 2 heteroatoms. The minimum atomic E-state index is -0.256. The van der Waals surface area contributed by atoms with E-state index in [1.165, 1.54) is 16.7 Å². The van der Waals surface area contributed by atoms with Crippen molar-refractivity contribution in [2.45, 2.75) is 19.3 Å². The third kappa shape index (κ3) is 4.39. The summed E-state index contributed by atoms with van der Waals surface area (Å²) in [4.78, 5) is 10.9. The molecule has 0 bridgehead atoms. The van der Waals surface area contributed by atoms with Crippen LogP contribution < -0.4 is 5.73 Å². The average molecular weight is 265 g/mol. The fourth-order valence-corrected chi connectivity index (χ4v) is 2.15. The highest BCUT2D eigenvalue weighted by atomic mass is 16.1. The van der Waals surface area contributed by atoms with Gasteiger partial charge in [-0.1, -0.05) is 66.7 Å². The van der Waals surface area contributed by atoms with E-state index >= 15 is 0 Å². The van der Waals surface area contributed by atoms with Crippen LogP contribution in [0.4, 0.5) is 0 Å². The SMILES string of the molecule is NC(=O)CC/C=C(/Cc1ccccc1)c1ccccc1. The molecule has 0 spiro atoms. The Labute approximate surface area is 119 Å². The van der Waals surface area contributed by atoms with Crippen LogP contribution in [0, 0.1) is 0 Å². The van der Waals surface area contributed by atoms with Gasteiger partial charge in [-0.2, -0.15) is 0 Å². The minimum Gasteiger partial charge on any atom is -0.370 e. The number of primary amides is 1. The molecular weight excluding hydrogens is 246 g/mol. The zero-order chi connectivity index (χ0) is 14.2. The molecule has 2 aromatic rings. The number of benzene rings is 2. The summed E-state index contributed by atoms with van der Waals surface area (Å²) in [6.07, 6.45) is 4.06. The maximum atomic E-state index is 10.9. The Bertz CT molecular complexity index is 573. The first-order valence-corrected chi connectivity index (χ1v) is 6.82. The summed E-state index contributed by atoms with van der Waals surface area (Å²) in [7, 11) is 0. The monoisotopic (exact) mass is 265 g/mol. The van der Waals surface area contributed by atoms with E-state index in [1.54, 1.807) is 0 Å². The van der Waals surface area contributed by atoms with Gasteiger partial charge in [-0.3, -0.25) is 4.79 Å². The summed E-state index contributed by atoms with van der Waals surface area (Å²) in [6, 6.07) is 20.6. The predicted molar refractivity (Wildman–Crippen MR) is 83.0 cm³/mol. The zero-order valence-electron chi connectivity index (χ0n) is 11.5. The molecule has 2 aromatic carbocycles. The van der Waals surface area contributed by atoms with E-state index in [2.05, 4.69) is 30.3 Å². The molecule has 0 saturated heterocycles. The van der Waals surface area contributed by atoms with Crippen LogP contribution in [0.2, 0.25) is 0 Å². The first kappa shape index (κ1) is 14.1. The lowest BCUT2D eigenvalue weighted by Gasteiger charge is -2.08. The Morgan fingerprint density at radius 1 is 0.950 bits per heavy atom. The molecule has 0 aliphatic rings. The van der Waals surface area contributed by atoms with E-state index in [9.17, 15) is 4.79 Å². The van der Waals surface area contributed by atoms with E-state index in [1.807, 2.05) is 36.4 Å². The Hall–Kier alpha value is -2.35. The van der Waals surface area contributed by atoms with Gasteiger partial charge in [0.1, 0.15) is 0 Å². The van der Waals surface area contributed by atoms with E-state index in [-0.39, 0.29) is 5.91 Å². The summed E-state index contributed by atoms with van der Waals surface area (Å²) in [6.45, 7) is 0. The van der Waals surface area contributed by atoms with Crippen LogP contribution in [-0.4, -0.2) is 5.91 Å². The smallest absolute Gasteiger partial charge is 0.217 e. The highest BCUT2D eigenvalue weighted by molar-refractivity contribution is 5.74. The van der Waals surface area contributed by atoms with Crippen molar-refractivity contribution in [2.75, 3.05) is 0 Å². The van der Waals surface area contributed by atoms with E-state index in [0.717, 1.165) is 6.42 Å². The molecule has 20 heavy (non-hydrogen) atoms. The number of hydrogen-bond donors (Lipinski definition) is 1. The molecule has 0 atom stereocenters. The Kier molecular flexibility index (Phi) is 5.13. The van der Waals surface area contributed by atoms with E-state index in [0.29, 0.717) is 12.8 Å². The van der Waals surface area contributed by atoms with Gasteiger partial charge >= 0.3 is 0 Å². The van der Waals surface area contributed by atoms with Gasteiger partial charge in [0.25, 0.3) is 0 Å². The van der Waals surface area contributed by atoms with Gasteiger partial charge in [-0.25, -0.2) is 0 Å². The van der Waals surface area contributed by atoms with Gasteiger partial charge in [0.15, 0.2) is 0 Å². The second-order valence-electron chi connectivity index (χ2n) is 4.76. The number of hydrogen-bond acceptors (Lipinski definition) is 1. The van der Waals surface area contributed by atoms with Crippen molar-refractivity contribution in [3.8, 4) is 0 Å². The van der Waals surface area contributed by atoms with Crippen LogP contribution in [0.15, 0.2) is 66.7 Å². The Morgan fingerprint density at radius 3 is 2.15 bits per heavy atom. The fraction of sp³-hybridized carbons (Fsp3) is 0.167. The number of rotatable bonds is 6. The lowest BCUT2D eigenvalue weighted by molar-refractivity contribution is -0.117. The van der Waals surface area contributed by atoms with Crippen LogP contribution in [0.5, 0.6) is 0 Å². The summed E-state index contributed by atoms with van der Waals surface area (Å²) in [5.74, 6) is -0.256. The molecule has 2 rings (SSSR count). The minimum absolute atomic E-state index is 0.256. The van der Waals surface area contributed by atoms with Crippen molar-refractivity contribution in [1.29, 1.82) is 0 Å². The van der Waals surface area contributed by atoms with Crippen molar-refractivity contribution in [3.05, 3.63) is 77.9 Å². The summed E-state index contributed by atoms with van der Waals surface area (Å²) >= 11 is 0. The highest BCUT2D eigenvalue weighted by Crippen LogP contribution is 2.20.